The third kappa shape index (κ3) is 1.95. The summed E-state index contributed by atoms with van der Waals surface area (Å²) in [7, 11) is 0. The van der Waals surface area contributed by atoms with E-state index in [1.54, 1.807) is 0 Å². The molecule has 0 saturated heterocycles. The van der Waals surface area contributed by atoms with Crippen LogP contribution in [0.5, 0.6) is 0 Å². The maximum Gasteiger partial charge on any atom is 0.223 e. The molecule has 11 heavy (non-hydrogen) atoms. The van der Waals surface area contributed by atoms with Gasteiger partial charge in [0.2, 0.25) is 5.91 Å². The lowest BCUT2D eigenvalue weighted by Gasteiger charge is -2.30. The highest BCUT2D eigenvalue weighted by Gasteiger charge is 2.28. The lowest BCUT2D eigenvalue weighted by atomic mass is 9.76. The van der Waals surface area contributed by atoms with E-state index in [1.165, 1.54) is 19.3 Å². The average molecular weight is 155 g/mol. The van der Waals surface area contributed by atoms with Crippen LogP contribution in [0.3, 0.4) is 0 Å². The van der Waals surface area contributed by atoms with Gasteiger partial charge in [0.25, 0.3) is 0 Å². The minimum atomic E-state index is 0.234. The second kappa shape index (κ2) is 3.74. The van der Waals surface area contributed by atoms with Gasteiger partial charge in [-0.3, -0.25) is 4.79 Å². The molecule has 0 bridgehead atoms. The van der Waals surface area contributed by atoms with Gasteiger partial charge >= 0.3 is 0 Å². The molecule has 0 heterocycles. The normalized spacial score (nSPS) is 20.5. The standard InChI is InChI=1S/C9H17NO/c1-3-10-9(11)7(2)8-5-4-6-8/h7-8H,3-6H2,1-2H3,(H,10,11)/t7-/m1/s1. The van der Waals surface area contributed by atoms with Gasteiger partial charge in [0.05, 0.1) is 0 Å². The Morgan fingerprint density at radius 3 is 2.64 bits per heavy atom. The van der Waals surface area contributed by atoms with Crippen LogP contribution in [0.2, 0.25) is 0 Å². The molecule has 1 aliphatic carbocycles. The van der Waals surface area contributed by atoms with Crippen LogP contribution in [-0.4, -0.2) is 12.5 Å². The van der Waals surface area contributed by atoms with E-state index in [1.807, 2.05) is 13.8 Å². The van der Waals surface area contributed by atoms with Crippen molar-refractivity contribution in [2.75, 3.05) is 6.54 Å². The van der Waals surface area contributed by atoms with E-state index >= 15 is 0 Å². The summed E-state index contributed by atoms with van der Waals surface area (Å²) in [6.45, 7) is 4.76. The van der Waals surface area contributed by atoms with Crippen molar-refractivity contribution in [2.24, 2.45) is 11.8 Å². The number of amides is 1. The topological polar surface area (TPSA) is 29.1 Å². The Hall–Kier alpha value is -0.530. The Kier molecular flexibility index (Phi) is 2.92. The van der Waals surface area contributed by atoms with Gasteiger partial charge in [-0.05, 0) is 25.7 Å². The Morgan fingerprint density at radius 2 is 2.27 bits per heavy atom. The van der Waals surface area contributed by atoms with Crippen molar-refractivity contribution in [3.05, 3.63) is 0 Å². The van der Waals surface area contributed by atoms with Crippen molar-refractivity contribution < 1.29 is 4.79 Å². The molecule has 0 spiro atoms. The zero-order chi connectivity index (χ0) is 8.27. The molecule has 0 aromatic heterocycles. The summed E-state index contributed by atoms with van der Waals surface area (Å²) < 4.78 is 0. The molecule has 1 rings (SSSR count). The number of carbonyl (C=O) groups is 1. The van der Waals surface area contributed by atoms with Crippen molar-refractivity contribution in [3.8, 4) is 0 Å². The SMILES string of the molecule is CCNC(=O)[C@H](C)C1CCC1. The molecule has 0 aliphatic heterocycles. The highest BCUT2D eigenvalue weighted by atomic mass is 16.1. The molecule has 1 atom stereocenters. The Bertz CT molecular complexity index is 140. The minimum Gasteiger partial charge on any atom is -0.356 e. The predicted octanol–water partition coefficient (Wildman–Crippen LogP) is 1.56. The summed E-state index contributed by atoms with van der Waals surface area (Å²) in [6, 6.07) is 0. The summed E-state index contributed by atoms with van der Waals surface area (Å²) in [5, 5.41) is 2.86. The largest absolute Gasteiger partial charge is 0.356 e. The molecule has 2 nitrogen and oxygen atoms in total. The van der Waals surface area contributed by atoms with E-state index in [0.29, 0.717) is 5.92 Å². The quantitative estimate of drug-likeness (QED) is 0.658. The molecule has 2 heteroatoms. The van der Waals surface area contributed by atoms with Crippen molar-refractivity contribution in [1.82, 2.24) is 5.32 Å². The molecular weight excluding hydrogens is 138 g/mol. The van der Waals surface area contributed by atoms with E-state index < -0.39 is 0 Å². The molecule has 0 aromatic rings. The van der Waals surface area contributed by atoms with Crippen LogP contribution in [0.4, 0.5) is 0 Å². The Morgan fingerprint density at radius 1 is 1.64 bits per heavy atom. The summed E-state index contributed by atoms with van der Waals surface area (Å²) >= 11 is 0. The number of nitrogens with one attached hydrogen (secondary N) is 1. The minimum absolute atomic E-state index is 0.234. The zero-order valence-electron chi connectivity index (χ0n) is 7.39. The van der Waals surface area contributed by atoms with E-state index in [-0.39, 0.29) is 11.8 Å². The summed E-state index contributed by atoms with van der Waals surface area (Å²) in [4.78, 5) is 11.3. The van der Waals surface area contributed by atoms with E-state index in [9.17, 15) is 4.79 Å². The molecular formula is C9H17NO. The first kappa shape index (κ1) is 8.57. The number of rotatable bonds is 3. The van der Waals surface area contributed by atoms with E-state index in [0.717, 1.165) is 6.54 Å². The first-order valence-corrected chi connectivity index (χ1v) is 4.53. The third-order valence-corrected chi connectivity index (χ3v) is 2.62. The number of hydrogen-bond acceptors (Lipinski definition) is 1. The van der Waals surface area contributed by atoms with Gasteiger partial charge in [-0.1, -0.05) is 13.3 Å². The molecule has 64 valence electrons. The van der Waals surface area contributed by atoms with Crippen molar-refractivity contribution >= 4 is 5.91 Å². The number of carbonyl (C=O) groups excluding carboxylic acids is 1. The van der Waals surface area contributed by atoms with Gasteiger partial charge in [-0.25, -0.2) is 0 Å². The van der Waals surface area contributed by atoms with Crippen LogP contribution in [-0.2, 0) is 4.79 Å². The van der Waals surface area contributed by atoms with Crippen LogP contribution in [0.25, 0.3) is 0 Å². The van der Waals surface area contributed by atoms with Gasteiger partial charge in [-0.15, -0.1) is 0 Å². The lowest BCUT2D eigenvalue weighted by Crippen LogP contribution is -2.35. The molecule has 1 fully saturated rings. The second-order valence-electron chi connectivity index (χ2n) is 3.37. The second-order valence-corrected chi connectivity index (χ2v) is 3.37. The van der Waals surface area contributed by atoms with E-state index in [4.69, 9.17) is 0 Å². The van der Waals surface area contributed by atoms with Gasteiger partial charge in [0, 0.05) is 12.5 Å². The van der Waals surface area contributed by atoms with Crippen LogP contribution in [0.15, 0.2) is 0 Å². The molecule has 1 aliphatic rings. The van der Waals surface area contributed by atoms with Gasteiger partial charge < -0.3 is 5.32 Å². The Balaban J connectivity index is 2.27. The third-order valence-electron chi connectivity index (χ3n) is 2.62. The first-order valence-electron chi connectivity index (χ1n) is 4.53. The fourth-order valence-corrected chi connectivity index (χ4v) is 1.49. The highest BCUT2D eigenvalue weighted by molar-refractivity contribution is 5.78. The fourth-order valence-electron chi connectivity index (χ4n) is 1.49. The average Bonchev–Trinajstić information content (AvgIpc) is 1.84. The lowest BCUT2D eigenvalue weighted by molar-refractivity contribution is -0.126. The highest BCUT2D eigenvalue weighted by Crippen LogP contribution is 2.33. The maximum absolute atomic E-state index is 11.3. The van der Waals surface area contributed by atoms with Crippen LogP contribution < -0.4 is 5.32 Å². The summed E-state index contributed by atoms with van der Waals surface area (Å²) in [6.07, 6.45) is 3.81. The van der Waals surface area contributed by atoms with E-state index in [2.05, 4.69) is 5.32 Å². The smallest absolute Gasteiger partial charge is 0.223 e. The molecule has 1 N–H and O–H groups in total. The molecule has 0 radical (unpaired) electrons. The molecule has 0 aromatic carbocycles. The van der Waals surface area contributed by atoms with Gasteiger partial charge in [0.1, 0.15) is 0 Å². The Labute approximate surface area is 68.4 Å². The van der Waals surface area contributed by atoms with Crippen LogP contribution >= 0.6 is 0 Å². The molecule has 1 amide bonds. The molecule has 0 unspecified atom stereocenters. The maximum atomic E-state index is 11.3. The summed E-state index contributed by atoms with van der Waals surface area (Å²) in [5.41, 5.74) is 0. The summed E-state index contributed by atoms with van der Waals surface area (Å²) in [5.74, 6) is 1.14. The molecule has 1 saturated carbocycles. The van der Waals surface area contributed by atoms with Crippen molar-refractivity contribution in [3.63, 3.8) is 0 Å². The number of hydrogen-bond donors (Lipinski definition) is 1. The first-order chi connectivity index (χ1) is 5.25. The zero-order valence-corrected chi connectivity index (χ0v) is 7.39. The van der Waals surface area contributed by atoms with Crippen molar-refractivity contribution in [2.45, 2.75) is 33.1 Å². The van der Waals surface area contributed by atoms with Gasteiger partial charge in [0.15, 0.2) is 0 Å². The van der Waals surface area contributed by atoms with Crippen LogP contribution in [0, 0.1) is 11.8 Å². The monoisotopic (exact) mass is 155 g/mol. The predicted molar refractivity (Wildman–Crippen MR) is 45.2 cm³/mol. The van der Waals surface area contributed by atoms with Gasteiger partial charge in [-0.2, -0.15) is 0 Å². The fraction of sp³-hybridized carbons (Fsp3) is 0.889. The van der Waals surface area contributed by atoms with Crippen molar-refractivity contribution in [1.29, 1.82) is 0 Å². The van der Waals surface area contributed by atoms with Crippen LogP contribution in [0.1, 0.15) is 33.1 Å².